The number of nitrogens with zero attached hydrogens (tertiary/aromatic N) is 2. The monoisotopic (exact) mass is 495 g/mol. The van der Waals surface area contributed by atoms with Gasteiger partial charge in [-0.05, 0) is 82.4 Å². The molecule has 36 heavy (non-hydrogen) atoms. The zero-order valence-electron chi connectivity index (χ0n) is 21.9. The van der Waals surface area contributed by atoms with E-state index in [2.05, 4.69) is 36.5 Å². The number of ether oxygens (including phenoxy) is 1. The summed E-state index contributed by atoms with van der Waals surface area (Å²) in [6.45, 7) is 9.99. The maximum absolute atomic E-state index is 14.9. The molecule has 1 N–H and O–H groups in total. The fourth-order valence-electron chi connectivity index (χ4n) is 5.15. The van der Waals surface area contributed by atoms with E-state index >= 15 is 0 Å². The van der Waals surface area contributed by atoms with Crippen molar-refractivity contribution < 1.29 is 18.7 Å². The van der Waals surface area contributed by atoms with Crippen LogP contribution < -0.4 is 5.32 Å². The van der Waals surface area contributed by atoms with Gasteiger partial charge >= 0.3 is 12.1 Å². The Morgan fingerprint density at radius 1 is 0.889 bits per heavy atom. The van der Waals surface area contributed by atoms with E-state index in [9.17, 15) is 14.0 Å². The van der Waals surface area contributed by atoms with Crippen LogP contribution in [0.4, 0.5) is 19.7 Å². The third-order valence-corrected chi connectivity index (χ3v) is 7.20. The summed E-state index contributed by atoms with van der Waals surface area (Å²) in [4.78, 5) is 29.0. The first kappa shape index (κ1) is 26.0. The molecule has 0 aromatic heterocycles. The lowest BCUT2D eigenvalue weighted by Gasteiger charge is -2.35. The van der Waals surface area contributed by atoms with Crippen LogP contribution in [-0.2, 0) is 4.74 Å². The van der Waals surface area contributed by atoms with E-state index in [0.717, 1.165) is 18.4 Å². The molecule has 0 spiro atoms. The van der Waals surface area contributed by atoms with E-state index in [4.69, 9.17) is 4.74 Å². The molecule has 0 bridgehead atoms. The maximum atomic E-state index is 14.9. The summed E-state index contributed by atoms with van der Waals surface area (Å²) >= 11 is 0. The number of likely N-dealkylation sites (tertiary alicyclic amines) is 2. The SMILES string of the molecule is Cc1ccc(C2CCN(C(=O)Nc3c(F)cccc3C3CCN(C(=O)OC(C)(C)C)CC3)CC2)cc1. The molecular formula is C29H38FN3O3. The first-order chi connectivity index (χ1) is 17.1. The van der Waals surface area contributed by atoms with Crippen LogP contribution in [0.3, 0.4) is 0 Å². The van der Waals surface area contributed by atoms with Gasteiger partial charge in [-0.1, -0.05) is 42.0 Å². The minimum absolute atomic E-state index is 0.0574. The van der Waals surface area contributed by atoms with Gasteiger partial charge in [-0.3, -0.25) is 0 Å². The Labute approximate surface area is 213 Å². The number of halogens is 1. The summed E-state index contributed by atoms with van der Waals surface area (Å²) in [6.07, 6.45) is 2.84. The highest BCUT2D eigenvalue weighted by atomic mass is 19.1. The number of nitrogens with one attached hydrogen (secondary N) is 1. The summed E-state index contributed by atoms with van der Waals surface area (Å²) in [5.74, 6) is 0.0701. The number of aryl methyl sites for hydroxylation is 1. The van der Waals surface area contributed by atoms with Gasteiger partial charge in [0.25, 0.3) is 0 Å². The topological polar surface area (TPSA) is 61.9 Å². The van der Waals surface area contributed by atoms with Gasteiger partial charge in [-0.25, -0.2) is 14.0 Å². The van der Waals surface area contributed by atoms with Crippen molar-refractivity contribution in [1.29, 1.82) is 0 Å². The van der Waals surface area contributed by atoms with Gasteiger partial charge in [0.1, 0.15) is 11.4 Å². The molecule has 6 nitrogen and oxygen atoms in total. The molecule has 2 aromatic rings. The highest BCUT2D eigenvalue weighted by Crippen LogP contribution is 2.35. The first-order valence-corrected chi connectivity index (χ1v) is 13.0. The van der Waals surface area contributed by atoms with Gasteiger partial charge in [-0.15, -0.1) is 0 Å². The molecule has 0 saturated carbocycles. The zero-order valence-corrected chi connectivity index (χ0v) is 21.9. The second-order valence-electron chi connectivity index (χ2n) is 11.0. The van der Waals surface area contributed by atoms with Crippen LogP contribution in [0, 0.1) is 12.7 Å². The smallest absolute Gasteiger partial charge is 0.410 e. The summed E-state index contributed by atoms with van der Waals surface area (Å²) in [7, 11) is 0. The fourth-order valence-corrected chi connectivity index (χ4v) is 5.15. The molecule has 0 unspecified atom stereocenters. The molecule has 0 atom stereocenters. The number of rotatable bonds is 3. The molecule has 0 radical (unpaired) electrons. The number of urea groups is 1. The fraction of sp³-hybridized carbons (Fsp3) is 0.517. The molecule has 0 aliphatic carbocycles. The van der Waals surface area contributed by atoms with Crippen molar-refractivity contribution in [2.75, 3.05) is 31.5 Å². The average Bonchev–Trinajstić information content (AvgIpc) is 2.85. The van der Waals surface area contributed by atoms with Crippen molar-refractivity contribution in [1.82, 2.24) is 9.80 Å². The molecule has 7 heteroatoms. The Balaban J connectivity index is 1.36. The zero-order chi connectivity index (χ0) is 25.9. The van der Waals surface area contributed by atoms with Gasteiger partial charge in [0.15, 0.2) is 0 Å². The van der Waals surface area contributed by atoms with E-state index in [1.165, 1.54) is 17.2 Å². The summed E-state index contributed by atoms with van der Waals surface area (Å²) < 4.78 is 20.4. The Hall–Kier alpha value is -3.09. The molecule has 2 aliphatic rings. The first-order valence-electron chi connectivity index (χ1n) is 13.0. The Bertz CT molecular complexity index is 1060. The molecule has 4 rings (SSSR count). The highest BCUT2D eigenvalue weighted by Gasteiger charge is 2.30. The number of carbonyl (C=O) groups excluding carboxylic acids is 2. The third-order valence-electron chi connectivity index (χ3n) is 7.20. The van der Waals surface area contributed by atoms with Crippen LogP contribution in [0.5, 0.6) is 0 Å². The molecule has 3 amide bonds. The minimum Gasteiger partial charge on any atom is -0.444 e. The molecule has 2 aromatic carbocycles. The minimum atomic E-state index is -0.539. The summed E-state index contributed by atoms with van der Waals surface area (Å²) in [6, 6.07) is 13.3. The second-order valence-corrected chi connectivity index (χ2v) is 11.0. The number of carbonyl (C=O) groups is 2. The number of piperidine rings is 2. The predicted octanol–water partition coefficient (Wildman–Crippen LogP) is 6.66. The third kappa shape index (κ3) is 6.37. The van der Waals surface area contributed by atoms with Crippen LogP contribution in [0.15, 0.2) is 42.5 Å². The van der Waals surface area contributed by atoms with Gasteiger partial charge in [0.2, 0.25) is 0 Å². The van der Waals surface area contributed by atoms with Crippen molar-refractivity contribution >= 4 is 17.8 Å². The van der Waals surface area contributed by atoms with Crippen LogP contribution in [0.25, 0.3) is 0 Å². The van der Waals surface area contributed by atoms with E-state index in [1.807, 2.05) is 26.8 Å². The number of benzene rings is 2. The van der Waals surface area contributed by atoms with Gasteiger partial charge in [0, 0.05) is 26.2 Å². The van der Waals surface area contributed by atoms with E-state index in [0.29, 0.717) is 44.9 Å². The normalized spacial score (nSPS) is 17.7. The van der Waals surface area contributed by atoms with Crippen molar-refractivity contribution in [3.63, 3.8) is 0 Å². The summed E-state index contributed by atoms with van der Waals surface area (Å²) in [5.41, 5.74) is 3.07. The van der Waals surface area contributed by atoms with Crippen molar-refractivity contribution in [2.45, 2.75) is 70.8 Å². The van der Waals surface area contributed by atoms with Crippen LogP contribution in [0.2, 0.25) is 0 Å². The number of anilines is 1. The van der Waals surface area contributed by atoms with Crippen LogP contribution >= 0.6 is 0 Å². The maximum Gasteiger partial charge on any atom is 0.410 e. The second kappa shape index (κ2) is 10.9. The van der Waals surface area contributed by atoms with Crippen LogP contribution in [-0.4, -0.2) is 53.7 Å². The highest BCUT2D eigenvalue weighted by molar-refractivity contribution is 5.90. The lowest BCUT2D eigenvalue weighted by atomic mass is 9.88. The van der Waals surface area contributed by atoms with Gasteiger partial charge < -0.3 is 19.9 Å². The molecule has 2 heterocycles. The van der Waals surface area contributed by atoms with E-state index in [-0.39, 0.29) is 23.7 Å². The predicted molar refractivity (Wildman–Crippen MR) is 140 cm³/mol. The average molecular weight is 496 g/mol. The lowest BCUT2D eigenvalue weighted by Crippen LogP contribution is -2.42. The quantitative estimate of drug-likeness (QED) is 0.518. The molecule has 2 aliphatic heterocycles. The lowest BCUT2D eigenvalue weighted by molar-refractivity contribution is 0.0205. The van der Waals surface area contributed by atoms with Gasteiger partial charge in [-0.2, -0.15) is 0 Å². The Morgan fingerprint density at radius 2 is 1.47 bits per heavy atom. The number of amides is 3. The largest absolute Gasteiger partial charge is 0.444 e. The molecule has 2 saturated heterocycles. The summed E-state index contributed by atoms with van der Waals surface area (Å²) in [5, 5.41) is 2.88. The molecule has 194 valence electrons. The van der Waals surface area contributed by atoms with E-state index in [1.54, 1.807) is 15.9 Å². The van der Waals surface area contributed by atoms with Crippen molar-refractivity contribution in [2.24, 2.45) is 0 Å². The van der Waals surface area contributed by atoms with Crippen LogP contribution in [0.1, 0.15) is 75.0 Å². The molecular weight excluding hydrogens is 457 g/mol. The standard InChI is InChI=1S/C29H38FN3O3/c1-20-8-10-21(11-9-20)22-12-16-32(17-13-22)27(34)31-26-24(6-5-7-25(26)30)23-14-18-33(19-15-23)28(35)36-29(2,3)4/h5-11,22-23H,12-19H2,1-4H3,(H,31,34). The van der Waals surface area contributed by atoms with E-state index < -0.39 is 11.4 Å². The van der Waals surface area contributed by atoms with Crippen molar-refractivity contribution in [3.05, 3.63) is 65.0 Å². The Morgan fingerprint density at radius 3 is 2.08 bits per heavy atom. The number of hydrogen-bond acceptors (Lipinski definition) is 3. The molecule has 2 fully saturated rings. The number of para-hydroxylation sites is 1. The number of hydrogen-bond donors (Lipinski definition) is 1. The van der Waals surface area contributed by atoms with Gasteiger partial charge in [0.05, 0.1) is 5.69 Å². The van der Waals surface area contributed by atoms with Crippen molar-refractivity contribution in [3.8, 4) is 0 Å². The Kier molecular flexibility index (Phi) is 7.86.